The molecule has 0 amide bonds. The Morgan fingerprint density at radius 2 is 2.28 bits per heavy atom. The molecule has 2 unspecified atom stereocenters. The minimum absolute atomic E-state index is 0.148. The number of nitrogen functional groups attached to an aromatic ring is 1. The van der Waals surface area contributed by atoms with Crippen molar-refractivity contribution in [3.63, 3.8) is 0 Å². The molecule has 1 aliphatic heterocycles. The van der Waals surface area contributed by atoms with Crippen molar-refractivity contribution in [1.82, 2.24) is 9.97 Å². The smallest absolute Gasteiger partial charge is 0.129 e. The molecule has 0 aromatic carbocycles. The van der Waals surface area contributed by atoms with Crippen LogP contribution in [0.25, 0.3) is 0 Å². The molecular formula is C21H28N8. The molecule has 2 atom stereocenters. The molecule has 1 fully saturated rings. The first-order chi connectivity index (χ1) is 14.0. The first-order valence-electron chi connectivity index (χ1n) is 9.86. The van der Waals surface area contributed by atoms with Gasteiger partial charge in [-0.1, -0.05) is 6.07 Å². The van der Waals surface area contributed by atoms with E-state index in [1.807, 2.05) is 25.1 Å². The summed E-state index contributed by atoms with van der Waals surface area (Å²) in [6.07, 6.45) is 6.57. The zero-order valence-electron chi connectivity index (χ0n) is 16.7. The second-order valence-electron chi connectivity index (χ2n) is 7.14. The summed E-state index contributed by atoms with van der Waals surface area (Å²) in [6.45, 7) is 4.25. The second-order valence-corrected chi connectivity index (χ2v) is 7.14. The maximum Gasteiger partial charge on any atom is 0.129 e. The highest BCUT2D eigenvalue weighted by Crippen LogP contribution is 2.22. The summed E-state index contributed by atoms with van der Waals surface area (Å²) in [6, 6.07) is 7.55. The van der Waals surface area contributed by atoms with Crippen molar-refractivity contribution in [3.05, 3.63) is 47.4 Å². The Morgan fingerprint density at radius 1 is 1.45 bits per heavy atom. The Morgan fingerprint density at radius 3 is 3.00 bits per heavy atom. The fourth-order valence-corrected chi connectivity index (χ4v) is 3.40. The number of pyridine rings is 2. The zero-order chi connectivity index (χ0) is 20.8. The third kappa shape index (κ3) is 4.83. The lowest BCUT2D eigenvalue weighted by Gasteiger charge is -2.31. The molecule has 0 spiro atoms. The molecule has 8 heteroatoms. The van der Waals surface area contributed by atoms with Crippen molar-refractivity contribution < 1.29 is 0 Å². The molecule has 8 nitrogen and oxygen atoms in total. The van der Waals surface area contributed by atoms with Crippen LogP contribution in [0.15, 0.2) is 35.5 Å². The van der Waals surface area contributed by atoms with Gasteiger partial charge in [0.15, 0.2) is 0 Å². The van der Waals surface area contributed by atoms with Crippen LogP contribution < -0.4 is 16.4 Å². The molecule has 0 aliphatic carbocycles. The van der Waals surface area contributed by atoms with Gasteiger partial charge < -0.3 is 21.8 Å². The summed E-state index contributed by atoms with van der Waals surface area (Å²) < 4.78 is 0. The van der Waals surface area contributed by atoms with E-state index >= 15 is 0 Å². The van der Waals surface area contributed by atoms with Gasteiger partial charge in [0.1, 0.15) is 5.82 Å². The van der Waals surface area contributed by atoms with Gasteiger partial charge in [-0.15, -0.1) is 0 Å². The molecule has 3 heterocycles. The maximum atomic E-state index is 8.69. The zero-order valence-corrected chi connectivity index (χ0v) is 16.7. The molecule has 1 saturated heterocycles. The first-order valence-corrected chi connectivity index (χ1v) is 9.86. The monoisotopic (exact) mass is 392 g/mol. The van der Waals surface area contributed by atoms with Crippen molar-refractivity contribution >= 4 is 29.6 Å². The number of hydrogen-bond acceptors (Lipinski definition) is 8. The largest absolute Gasteiger partial charge is 0.397 e. The highest BCUT2D eigenvalue weighted by molar-refractivity contribution is 6.13. The molecule has 1 aliphatic rings. The molecule has 6 N–H and O–H groups in total. The molecule has 2 aromatic heterocycles. The Labute approximate surface area is 171 Å². The number of nitrogens with zero attached hydrogens (tertiary/aromatic N) is 4. The fourth-order valence-electron chi connectivity index (χ4n) is 3.40. The van der Waals surface area contributed by atoms with Crippen LogP contribution in [-0.2, 0) is 0 Å². The molecule has 2 aromatic rings. The van der Waals surface area contributed by atoms with E-state index in [0.717, 1.165) is 31.7 Å². The quantitative estimate of drug-likeness (QED) is 0.535. The Bertz CT molecular complexity index is 907. The summed E-state index contributed by atoms with van der Waals surface area (Å²) in [5.41, 5.74) is 14.6. The minimum atomic E-state index is -0.351. The SMILES string of the molecule is CCN=CC(C=N)c1cc(C(=N)c2cccc(N3CCCC(N)C3)n2)c(N)cn1. The van der Waals surface area contributed by atoms with Crippen molar-refractivity contribution in [2.45, 2.75) is 31.7 Å². The second kappa shape index (κ2) is 9.38. The summed E-state index contributed by atoms with van der Waals surface area (Å²) in [5.74, 6) is 0.471. The fraction of sp³-hybridized carbons (Fsp3) is 0.381. The van der Waals surface area contributed by atoms with Gasteiger partial charge in [0.25, 0.3) is 0 Å². The van der Waals surface area contributed by atoms with Crippen LogP contribution in [0.2, 0.25) is 0 Å². The Kier molecular flexibility index (Phi) is 6.66. The van der Waals surface area contributed by atoms with E-state index in [-0.39, 0.29) is 17.7 Å². The lowest BCUT2D eigenvalue weighted by Crippen LogP contribution is -2.43. The van der Waals surface area contributed by atoms with Crippen LogP contribution in [0.5, 0.6) is 0 Å². The van der Waals surface area contributed by atoms with Gasteiger partial charge in [-0.3, -0.25) is 15.4 Å². The first kappa shape index (κ1) is 20.6. The number of aliphatic imine (C=N–C) groups is 1. The Balaban J connectivity index is 1.90. The average molecular weight is 393 g/mol. The summed E-state index contributed by atoms with van der Waals surface area (Å²) in [5, 5.41) is 16.4. The van der Waals surface area contributed by atoms with Crippen LogP contribution in [0.4, 0.5) is 11.5 Å². The third-order valence-corrected chi connectivity index (χ3v) is 4.97. The van der Waals surface area contributed by atoms with Crippen molar-refractivity contribution in [2.75, 3.05) is 30.3 Å². The molecule has 0 bridgehead atoms. The molecule has 0 saturated carbocycles. The standard InChI is InChI=1S/C21H28N8/c1-2-26-11-14(10-22)19-9-16(17(24)12-27-19)21(25)18-6-3-7-20(28-18)29-8-4-5-15(23)13-29/h3,6-7,9-12,14-15,22,25H,2,4-5,8,13,23-24H2,1H3. The van der Waals surface area contributed by atoms with Crippen LogP contribution >= 0.6 is 0 Å². The maximum absolute atomic E-state index is 8.69. The van der Waals surface area contributed by atoms with Gasteiger partial charge in [0.2, 0.25) is 0 Å². The molecule has 29 heavy (non-hydrogen) atoms. The van der Waals surface area contributed by atoms with Gasteiger partial charge in [0.05, 0.1) is 34.9 Å². The molecule has 152 valence electrons. The lowest BCUT2D eigenvalue weighted by atomic mass is 10.0. The highest BCUT2D eigenvalue weighted by atomic mass is 15.2. The normalized spacial score (nSPS) is 18.0. The van der Waals surface area contributed by atoms with E-state index in [1.54, 1.807) is 12.3 Å². The predicted octanol–water partition coefficient (Wildman–Crippen LogP) is 2.23. The number of hydrogen-bond donors (Lipinski definition) is 4. The van der Waals surface area contributed by atoms with E-state index in [2.05, 4.69) is 14.9 Å². The van der Waals surface area contributed by atoms with Crippen LogP contribution in [0.3, 0.4) is 0 Å². The van der Waals surface area contributed by atoms with Gasteiger partial charge in [-0.05, 0) is 38.0 Å². The average Bonchev–Trinajstić information content (AvgIpc) is 2.75. The van der Waals surface area contributed by atoms with E-state index in [9.17, 15) is 0 Å². The molecule has 3 rings (SSSR count). The van der Waals surface area contributed by atoms with Gasteiger partial charge in [0, 0.05) is 43.7 Å². The van der Waals surface area contributed by atoms with Gasteiger partial charge >= 0.3 is 0 Å². The van der Waals surface area contributed by atoms with Crippen molar-refractivity contribution in [1.29, 1.82) is 10.8 Å². The number of rotatable bonds is 7. The van der Waals surface area contributed by atoms with Crippen molar-refractivity contribution in [3.8, 4) is 0 Å². The number of piperidine rings is 1. The number of nitrogens with one attached hydrogen (secondary N) is 2. The Hall–Kier alpha value is -3.13. The number of nitrogens with two attached hydrogens (primary N) is 2. The van der Waals surface area contributed by atoms with Crippen LogP contribution in [0.1, 0.15) is 42.6 Å². The number of anilines is 2. The van der Waals surface area contributed by atoms with E-state index < -0.39 is 0 Å². The molecular weight excluding hydrogens is 364 g/mol. The van der Waals surface area contributed by atoms with Gasteiger partial charge in [-0.25, -0.2) is 4.98 Å². The summed E-state index contributed by atoms with van der Waals surface area (Å²) in [4.78, 5) is 15.4. The van der Waals surface area contributed by atoms with E-state index in [0.29, 0.717) is 29.2 Å². The summed E-state index contributed by atoms with van der Waals surface area (Å²) in [7, 11) is 0. The van der Waals surface area contributed by atoms with E-state index in [1.165, 1.54) is 12.4 Å². The lowest BCUT2D eigenvalue weighted by molar-refractivity contribution is 0.503. The van der Waals surface area contributed by atoms with Crippen LogP contribution in [0, 0.1) is 10.8 Å². The highest BCUT2D eigenvalue weighted by Gasteiger charge is 2.20. The van der Waals surface area contributed by atoms with E-state index in [4.69, 9.17) is 27.3 Å². The van der Waals surface area contributed by atoms with Gasteiger partial charge in [-0.2, -0.15) is 0 Å². The molecule has 0 radical (unpaired) electrons. The summed E-state index contributed by atoms with van der Waals surface area (Å²) >= 11 is 0. The topological polar surface area (TPSA) is 141 Å². The third-order valence-electron chi connectivity index (χ3n) is 4.97. The van der Waals surface area contributed by atoms with Crippen molar-refractivity contribution in [2.24, 2.45) is 10.7 Å². The number of aromatic nitrogens is 2. The predicted molar refractivity (Wildman–Crippen MR) is 119 cm³/mol. The minimum Gasteiger partial charge on any atom is -0.397 e. The van der Waals surface area contributed by atoms with Crippen LogP contribution in [-0.4, -0.2) is 53.8 Å².